The smallest absolute Gasteiger partial charge is 0.394 e. The number of alkyl halides is 3. The third-order valence-electron chi connectivity index (χ3n) is 4.07. The van der Waals surface area contributed by atoms with Crippen LogP contribution in [-0.4, -0.2) is 72.5 Å². The minimum Gasteiger partial charge on any atom is -0.394 e. The standard InChI is InChI=1S/C12H22F3N3O/c13-12(14,15)8-18-5-3-17(4-6-18)7-11(16,9-19)10-1-2-10/h10,19H,1-9,16H2. The fraction of sp³-hybridized carbons (Fsp3) is 1.00. The van der Waals surface area contributed by atoms with E-state index in [4.69, 9.17) is 5.73 Å². The summed E-state index contributed by atoms with van der Waals surface area (Å²) in [7, 11) is 0. The highest BCUT2D eigenvalue weighted by atomic mass is 19.4. The van der Waals surface area contributed by atoms with Crippen LogP contribution in [0.2, 0.25) is 0 Å². The van der Waals surface area contributed by atoms with Gasteiger partial charge in [-0.05, 0) is 18.8 Å². The van der Waals surface area contributed by atoms with Crippen molar-refractivity contribution >= 4 is 0 Å². The molecular formula is C12H22F3N3O. The molecule has 112 valence electrons. The molecule has 1 aliphatic heterocycles. The van der Waals surface area contributed by atoms with Crippen molar-refractivity contribution in [3.63, 3.8) is 0 Å². The maximum atomic E-state index is 12.3. The van der Waals surface area contributed by atoms with Gasteiger partial charge in [0.2, 0.25) is 0 Å². The van der Waals surface area contributed by atoms with E-state index in [1.807, 2.05) is 0 Å². The third-order valence-corrected chi connectivity index (χ3v) is 4.07. The van der Waals surface area contributed by atoms with E-state index >= 15 is 0 Å². The molecule has 0 bridgehead atoms. The second kappa shape index (κ2) is 5.55. The first-order valence-electron chi connectivity index (χ1n) is 6.74. The first kappa shape index (κ1) is 15.0. The Kier molecular flexibility index (Phi) is 4.39. The van der Waals surface area contributed by atoms with Crippen molar-refractivity contribution in [3.8, 4) is 0 Å². The lowest BCUT2D eigenvalue weighted by Gasteiger charge is -2.39. The number of aliphatic hydroxyl groups is 1. The SMILES string of the molecule is NC(CO)(CN1CCN(CC(F)(F)F)CC1)C1CC1. The molecule has 1 aliphatic carbocycles. The molecule has 0 aromatic rings. The zero-order valence-electron chi connectivity index (χ0n) is 11.0. The lowest BCUT2D eigenvalue weighted by atomic mass is 9.94. The third kappa shape index (κ3) is 4.30. The largest absolute Gasteiger partial charge is 0.401 e. The van der Waals surface area contributed by atoms with Crippen molar-refractivity contribution in [1.29, 1.82) is 0 Å². The minimum atomic E-state index is -4.13. The molecule has 0 aromatic carbocycles. The number of halogens is 3. The minimum absolute atomic E-state index is 0.0551. The summed E-state index contributed by atoms with van der Waals surface area (Å²) in [5, 5.41) is 9.42. The van der Waals surface area contributed by atoms with Gasteiger partial charge in [-0.3, -0.25) is 9.80 Å². The average Bonchev–Trinajstić information content (AvgIpc) is 3.14. The Morgan fingerprint density at radius 1 is 1.00 bits per heavy atom. The van der Waals surface area contributed by atoms with Crippen molar-refractivity contribution in [3.05, 3.63) is 0 Å². The molecule has 2 rings (SSSR count). The average molecular weight is 281 g/mol. The normalized spacial score (nSPS) is 26.4. The van der Waals surface area contributed by atoms with Gasteiger partial charge in [0.15, 0.2) is 0 Å². The molecule has 7 heteroatoms. The molecule has 0 amide bonds. The predicted molar refractivity (Wildman–Crippen MR) is 65.7 cm³/mol. The van der Waals surface area contributed by atoms with Gasteiger partial charge >= 0.3 is 6.18 Å². The second-order valence-corrected chi connectivity index (χ2v) is 5.83. The van der Waals surface area contributed by atoms with Gasteiger partial charge < -0.3 is 10.8 Å². The van der Waals surface area contributed by atoms with Crippen LogP contribution in [0.15, 0.2) is 0 Å². The van der Waals surface area contributed by atoms with Crippen LogP contribution in [0.1, 0.15) is 12.8 Å². The van der Waals surface area contributed by atoms with Crippen LogP contribution in [0, 0.1) is 5.92 Å². The molecule has 1 atom stereocenters. The van der Waals surface area contributed by atoms with Gasteiger partial charge in [0.25, 0.3) is 0 Å². The molecule has 0 radical (unpaired) electrons. The van der Waals surface area contributed by atoms with E-state index in [1.165, 1.54) is 4.90 Å². The van der Waals surface area contributed by atoms with Gasteiger partial charge in [-0.2, -0.15) is 13.2 Å². The Morgan fingerprint density at radius 2 is 1.47 bits per heavy atom. The van der Waals surface area contributed by atoms with Gasteiger partial charge in [0.05, 0.1) is 18.7 Å². The Hall–Kier alpha value is -0.370. The summed E-state index contributed by atoms with van der Waals surface area (Å²) in [6, 6.07) is 0. The van der Waals surface area contributed by atoms with Crippen LogP contribution in [0.4, 0.5) is 13.2 Å². The number of nitrogens with two attached hydrogens (primary N) is 1. The van der Waals surface area contributed by atoms with Gasteiger partial charge in [-0.15, -0.1) is 0 Å². The first-order valence-corrected chi connectivity index (χ1v) is 6.74. The molecule has 4 nitrogen and oxygen atoms in total. The van der Waals surface area contributed by atoms with E-state index < -0.39 is 18.3 Å². The fourth-order valence-electron chi connectivity index (χ4n) is 2.74. The van der Waals surface area contributed by atoms with Crippen molar-refractivity contribution in [2.75, 3.05) is 45.9 Å². The summed E-state index contributed by atoms with van der Waals surface area (Å²) in [4.78, 5) is 3.49. The summed E-state index contributed by atoms with van der Waals surface area (Å²) in [5.41, 5.74) is 5.61. The molecule has 1 saturated heterocycles. The fourth-order valence-corrected chi connectivity index (χ4v) is 2.74. The van der Waals surface area contributed by atoms with Crippen LogP contribution < -0.4 is 5.73 Å². The zero-order chi connectivity index (χ0) is 14.1. The summed E-state index contributed by atoms with van der Waals surface area (Å²) < 4.78 is 36.8. The molecule has 1 unspecified atom stereocenters. The van der Waals surface area contributed by atoms with E-state index in [0.717, 1.165) is 12.8 Å². The molecule has 1 heterocycles. The van der Waals surface area contributed by atoms with Crippen LogP contribution in [0.3, 0.4) is 0 Å². The van der Waals surface area contributed by atoms with Crippen molar-refractivity contribution < 1.29 is 18.3 Å². The highest BCUT2D eigenvalue weighted by molar-refractivity contribution is 5.00. The van der Waals surface area contributed by atoms with E-state index in [1.54, 1.807) is 0 Å². The maximum absolute atomic E-state index is 12.3. The number of nitrogens with zero attached hydrogens (tertiary/aromatic N) is 2. The van der Waals surface area contributed by atoms with E-state index in [9.17, 15) is 18.3 Å². The van der Waals surface area contributed by atoms with Crippen LogP contribution in [-0.2, 0) is 0 Å². The second-order valence-electron chi connectivity index (χ2n) is 5.83. The molecule has 2 aliphatic rings. The zero-order valence-corrected chi connectivity index (χ0v) is 11.0. The molecular weight excluding hydrogens is 259 g/mol. The van der Waals surface area contributed by atoms with Crippen LogP contribution in [0.5, 0.6) is 0 Å². The van der Waals surface area contributed by atoms with E-state index in [0.29, 0.717) is 38.6 Å². The summed E-state index contributed by atoms with van der Waals surface area (Å²) in [6.07, 6.45) is -2.03. The number of aliphatic hydroxyl groups excluding tert-OH is 1. The Labute approximate surface area is 111 Å². The molecule has 2 fully saturated rings. The van der Waals surface area contributed by atoms with Crippen LogP contribution >= 0.6 is 0 Å². The summed E-state index contributed by atoms with van der Waals surface area (Å²) in [5.74, 6) is 0.366. The van der Waals surface area contributed by atoms with Gasteiger partial charge in [-0.25, -0.2) is 0 Å². The predicted octanol–water partition coefficient (Wildman–Crippen LogP) is 0.266. The number of piperazine rings is 1. The van der Waals surface area contributed by atoms with Crippen molar-refractivity contribution in [2.45, 2.75) is 24.6 Å². The number of hydrogen-bond acceptors (Lipinski definition) is 4. The van der Waals surface area contributed by atoms with Gasteiger partial charge in [0.1, 0.15) is 0 Å². The van der Waals surface area contributed by atoms with Gasteiger partial charge in [-0.1, -0.05) is 0 Å². The maximum Gasteiger partial charge on any atom is 0.401 e. The Morgan fingerprint density at radius 3 is 1.84 bits per heavy atom. The lowest BCUT2D eigenvalue weighted by Crippen LogP contribution is -2.58. The monoisotopic (exact) mass is 281 g/mol. The summed E-state index contributed by atoms with van der Waals surface area (Å²) in [6.45, 7) is 1.67. The molecule has 0 aromatic heterocycles. The Bertz CT molecular complexity index is 301. The molecule has 0 spiro atoms. The highest BCUT2D eigenvalue weighted by Gasteiger charge is 2.43. The molecule has 3 N–H and O–H groups in total. The number of rotatable bonds is 5. The topological polar surface area (TPSA) is 52.7 Å². The molecule has 19 heavy (non-hydrogen) atoms. The van der Waals surface area contributed by atoms with Crippen molar-refractivity contribution in [2.24, 2.45) is 11.7 Å². The van der Waals surface area contributed by atoms with E-state index in [-0.39, 0.29) is 6.61 Å². The molecule has 1 saturated carbocycles. The number of hydrogen-bond donors (Lipinski definition) is 2. The van der Waals surface area contributed by atoms with Crippen LogP contribution in [0.25, 0.3) is 0 Å². The lowest BCUT2D eigenvalue weighted by molar-refractivity contribution is -0.149. The van der Waals surface area contributed by atoms with Gasteiger partial charge in [0, 0.05) is 32.7 Å². The highest BCUT2D eigenvalue weighted by Crippen LogP contribution is 2.38. The van der Waals surface area contributed by atoms with E-state index in [2.05, 4.69) is 4.90 Å². The Balaban J connectivity index is 1.77. The summed E-state index contributed by atoms with van der Waals surface area (Å²) >= 11 is 0. The quantitative estimate of drug-likeness (QED) is 0.759. The first-order chi connectivity index (χ1) is 8.82. The van der Waals surface area contributed by atoms with Crippen molar-refractivity contribution in [1.82, 2.24) is 9.80 Å².